The minimum Gasteiger partial charge on any atom is -0.462 e. The molecule has 0 aliphatic carbocycles. The van der Waals surface area contributed by atoms with E-state index in [4.69, 9.17) is 4.74 Å². The zero-order valence-corrected chi connectivity index (χ0v) is 9.89. The first-order valence-electron chi connectivity index (χ1n) is 4.65. The van der Waals surface area contributed by atoms with Crippen LogP contribution in [0.2, 0.25) is 0 Å². The number of carbonyl (C=O) groups is 2. The minimum absolute atomic E-state index is 0.0542. The first-order valence-corrected chi connectivity index (χ1v) is 5.64. The van der Waals surface area contributed by atoms with E-state index in [1.54, 1.807) is 13.8 Å². The van der Waals surface area contributed by atoms with E-state index in [1.807, 2.05) is 0 Å². The number of hydrogen-bond donors (Lipinski definition) is 2. The van der Waals surface area contributed by atoms with Gasteiger partial charge in [-0.15, -0.1) is 0 Å². The van der Waals surface area contributed by atoms with Crippen molar-refractivity contribution in [1.82, 2.24) is 10.7 Å². The van der Waals surface area contributed by atoms with Crippen LogP contribution >= 0.6 is 11.8 Å². The number of hydrogen-bond acceptors (Lipinski definition) is 6. The van der Waals surface area contributed by atoms with Crippen molar-refractivity contribution in [2.24, 2.45) is 5.10 Å². The van der Waals surface area contributed by atoms with E-state index in [1.165, 1.54) is 0 Å². The number of ether oxygens (including phenoxy) is 1. The van der Waals surface area contributed by atoms with Crippen molar-refractivity contribution in [3.05, 3.63) is 12.4 Å². The maximum absolute atomic E-state index is 11.3. The Bertz CT molecular complexity index is 352. The van der Waals surface area contributed by atoms with Gasteiger partial charge < -0.3 is 10.1 Å². The summed E-state index contributed by atoms with van der Waals surface area (Å²) in [6.07, 6.45) is -0.159. The molecule has 1 rings (SSSR count). The number of hydrazone groups is 1. The van der Waals surface area contributed by atoms with Crippen LogP contribution in [0.5, 0.6) is 0 Å². The van der Waals surface area contributed by atoms with Crippen molar-refractivity contribution < 1.29 is 14.3 Å². The van der Waals surface area contributed by atoms with Crippen LogP contribution in [0.15, 0.2) is 17.5 Å². The second kappa shape index (κ2) is 5.55. The molecule has 0 aromatic carbocycles. The second-order valence-electron chi connectivity index (χ2n) is 3.29. The van der Waals surface area contributed by atoms with Gasteiger partial charge in [-0.05, 0) is 13.8 Å². The number of carbonyl (C=O) groups excluding carboxylic acids is 2. The lowest BCUT2D eigenvalue weighted by Crippen LogP contribution is -2.39. The van der Waals surface area contributed by atoms with E-state index in [0.29, 0.717) is 5.82 Å². The monoisotopic (exact) mass is 243 g/mol. The lowest BCUT2D eigenvalue weighted by Gasteiger charge is -2.15. The Balaban J connectivity index is 2.41. The zero-order chi connectivity index (χ0) is 12.1. The van der Waals surface area contributed by atoms with Crippen LogP contribution in [0.4, 0.5) is 0 Å². The predicted octanol–water partition coefficient (Wildman–Crippen LogP) is 0.175. The highest BCUT2D eigenvalue weighted by molar-refractivity contribution is 8.16. The van der Waals surface area contributed by atoms with Gasteiger partial charge in [0.05, 0.1) is 11.9 Å². The summed E-state index contributed by atoms with van der Waals surface area (Å²) in [4.78, 5) is 22.5. The van der Waals surface area contributed by atoms with E-state index >= 15 is 0 Å². The standard InChI is InChI=1S/C9H13N3O3S/c1-5(2)15-7(13)4-16-9-8(14)10-6(3)11-12-9/h5,11H,3-4H2,1-2H3,(H,10,14). The van der Waals surface area contributed by atoms with Crippen LogP contribution in [-0.2, 0) is 14.3 Å². The molecule has 0 unspecified atom stereocenters. The molecule has 1 amide bonds. The van der Waals surface area contributed by atoms with E-state index in [0.717, 1.165) is 11.8 Å². The number of esters is 1. The van der Waals surface area contributed by atoms with Gasteiger partial charge >= 0.3 is 5.97 Å². The third-order valence-electron chi connectivity index (χ3n) is 1.44. The topological polar surface area (TPSA) is 79.8 Å². The molecular weight excluding hydrogens is 230 g/mol. The van der Waals surface area contributed by atoms with Crippen molar-refractivity contribution in [2.45, 2.75) is 20.0 Å². The second-order valence-corrected chi connectivity index (χ2v) is 4.25. The first-order chi connectivity index (χ1) is 7.49. The van der Waals surface area contributed by atoms with Gasteiger partial charge in [-0.1, -0.05) is 18.3 Å². The molecule has 2 N–H and O–H groups in total. The minimum atomic E-state index is -0.375. The fourth-order valence-electron chi connectivity index (χ4n) is 0.910. The van der Waals surface area contributed by atoms with E-state index in [-0.39, 0.29) is 28.8 Å². The summed E-state index contributed by atoms with van der Waals surface area (Å²) in [5, 5.41) is 6.39. The molecule has 0 fully saturated rings. The Kier molecular flexibility index (Phi) is 4.36. The SMILES string of the molecule is C=C1NN=C(SCC(=O)OC(C)C)C(=O)N1. The van der Waals surface area contributed by atoms with Gasteiger partial charge in [0.15, 0.2) is 5.04 Å². The molecule has 0 saturated carbocycles. The van der Waals surface area contributed by atoms with Crippen molar-refractivity contribution in [3.8, 4) is 0 Å². The molecule has 1 aliphatic heterocycles. The lowest BCUT2D eigenvalue weighted by molar-refractivity contribution is -0.144. The molecule has 0 aromatic heterocycles. The average molecular weight is 243 g/mol. The maximum atomic E-state index is 11.3. The molecule has 0 saturated heterocycles. The third-order valence-corrected chi connectivity index (χ3v) is 2.38. The average Bonchev–Trinajstić information content (AvgIpc) is 2.15. The predicted molar refractivity (Wildman–Crippen MR) is 61.5 cm³/mol. The Morgan fingerprint density at radius 2 is 2.31 bits per heavy atom. The van der Waals surface area contributed by atoms with Crippen LogP contribution in [-0.4, -0.2) is 28.8 Å². The number of amides is 1. The largest absolute Gasteiger partial charge is 0.462 e. The van der Waals surface area contributed by atoms with Gasteiger partial charge in [-0.25, -0.2) is 0 Å². The van der Waals surface area contributed by atoms with Crippen LogP contribution < -0.4 is 10.7 Å². The molecular formula is C9H13N3O3S. The number of rotatable bonds is 3. The van der Waals surface area contributed by atoms with Gasteiger partial charge in [-0.2, -0.15) is 5.10 Å². The number of nitrogens with zero attached hydrogens (tertiary/aromatic N) is 1. The van der Waals surface area contributed by atoms with Gasteiger partial charge in [0.25, 0.3) is 5.91 Å². The first kappa shape index (κ1) is 12.6. The van der Waals surface area contributed by atoms with Crippen molar-refractivity contribution in [2.75, 3.05) is 5.75 Å². The van der Waals surface area contributed by atoms with Crippen molar-refractivity contribution >= 4 is 28.7 Å². The third kappa shape index (κ3) is 3.93. The number of thioether (sulfide) groups is 1. The van der Waals surface area contributed by atoms with Crippen molar-refractivity contribution in [1.29, 1.82) is 0 Å². The fourth-order valence-corrected chi connectivity index (χ4v) is 1.52. The Morgan fingerprint density at radius 1 is 1.62 bits per heavy atom. The van der Waals surface area contributed by atoms with Crippen molar-refractivity contribution in [3.63, 3.8) is 0 Å². The molecule has 7 heteroatoms. The van der Waals surface area contributed by atoms with Gasteiger partial charge in [0, 0.05) is 0 Å². The molecule has 1 aliphatic rings. The Hall–Kier alpha value is -1.50. The highest BCUT2D eigenvalue weighted by Gasteiger charge is 2.19. The lowest BCUT2D eigenvalue weighted by atomic mass is 10.5. The highest BCUT2D eigenvalue weighted by atomic mass is 32.2. The maximum Gasteiger partial charge on any atom is 0.316 e. The highest BCUT2D eigenvalue weighted by Crippen LogP contribution is 2.08. The molecule has 88 valence electrons. The molecule has 1 heterocycles. The summed E-state index contributed by atoms with van der Waals surface area (Å²) in [7, 11) is 0. The van der Waals surface area contributed by atoms with Crippen LogP contribution in [0, 0.1) is 0 Å². The van der Waals surface area contributed by atoms with Gasteiger partial charge in [0.1, 0.15) is 5.82 Å². The molecule has 0 atom stereocenters. The molecule has 0 radical (unpaired) electrons. The summed E-state index contributed by atoms with van der Waals surface area (Å²) >= 11 is 1.02. The molecule has 6 nitrogen and oxygen atoms in total. The molecule has 0 aromatic rings. The van der Waals surface area contributed by atoms with Crippen LogP contribution in [0.3, 0.4) is 0 Å². The molecule has 0 bridgehead atoms. The summed E-state index contributed by atoms with van der Waals surface area (Å²) in [6, 6.07) is 0. The van der Waals surface area contributed by atoms with E-state index < -0.39 is 0 Å². The van der Waals surface area contributed by atoms with E-state index in [9.17, 15) is 9.59 Å². The smallest absolute Gasteiger partial charge is 0.316 e. The Labute approximate surface area is 97.5 Å². The van der Waals surface area contributed by atoms with E-state index in [2.05, 4.69) is 22.4 Å². The van der Waals surface area contributed by atoms with Crippen LogP contribution in [0.25, 0.3) is 0 Å². The Morgan fingerprint density at radius 3 is 2.88 bits per heavy atom. The quantitative estimate of drug-likeness (QED) is 0.691. The number of nitrogens with one attached hydrogen (secondary N) is 2. The summed E-state index contributed by atoms with van der Waals surface area (Å²) < 4.78 is 4.91. The fraction of sp³-hybridized carbons (Fsp3) is 0.444. The van der Waals surface area contributed by atoms with Crippen LogP contribution in [0.1, 0.15) is 13.8 Å². The molecule has 0 spiro atoms. The molecule has 16 heavy (non-hydrogen) atoms. The van der Waals surface area contributed by atoms with Gasteiger partial charge in [-0.3, -0.25) is 15.0 Å². The summed E-state index contributed by atoms with van der Waals surface area (Å²) in [6.45, 7) is 7.01. The summed E-state index contributed by atoms with van der Waals surface area (Å²) in [5.74, 6) is -0.372. The van der Waals surface area contributed by atoms with Gasteiger partial charge in [0.2, 0.25) is 0 Å². The zero-order valence-electron chi connectivity index (χ0n) is 9.07. The summed E-state index contributed by atoms with van der Waals surface area (Å²) in [5.41, 5.74) is 2.52. The normalized spacial score (nSPS) is 15.3.